The van der Waals surface area contributed by atoms with Gasteiger partial charge in [0.1, 0.15) is 0 Å². The fourth-order valence-electron chi connectivity index (χ4n) is 3.21. The van der Waals surface area contributed by atoms with Crippen molar-refractivity contribution in [3.63, 3.8) is 0 Å². The van der Waals surface area contributed by atoms with Crippen molar-refractivity contribution in [1.29, 1.82) is 0 Å². The maximum absolute atomic E-state index is 3.74. The molecule has 0 aromatic heterocycles. The first kappa shape index (κ1) is 16.0. The molecule has 1 unspecified atom stereocenters. The smallest absolute Gasteiger partial charge is 0.00669 e. The second-order valence-electron chi connectivity index (χ2n) is 6.26. The van der Waals surface area contributed by atoms with Gasteiger partial charge in [0.25, 0.3) is 0 Å². The lowest BCUT2D eigenvalue weighted by molar-refractivity contribution is 0.377. The van der Waals surface area contributed by atoms with E-state index < -0.39 is 0 Å². The minimum absolute atomic E-state index is 0.761. The number of nitrogens with one attached hydrogen (secondary N) is 1. The average molecular weight is 253 g/mol. The van der Waals surface area contributed by atoms with E-state index in [9.17, 15) is 0 Å². The van der Waals surface area contributed by atoms with E-state index in [2.05, 4.69) is 19.2 Å². The molecule has 18 heavy (non-hydrogen) atoms. The SMILES string of the molecule is CCCCCCCCCCNC(C)C1CCCC1. The van der Waals surface area contributed by atoms with E-state index in [4.69, 9.17) is 0 Å². The van der Waals surface area contributed by atoms with Crippen molar-refractivity contribution < 1.29 is 0 Å². The molecule has 1 aliphatic carbocycles. The molecular weight excluding hydrogens is 218 g/mol. The van der Waals surface area contributed by atoms with Crippen LogP contribution in [0.5, 0.6) is 0 Å². The molecule has 1 nitrogen and oxygen atoms in total. The Kier molecular flexibility index (Phi) is 9.65. The Morgan fingerprint density at radius 3 is 2.06 bits per heavy atom. The van der Waals surface area contributed by atoms with Gasteiger partial charge in [-0.05, 0) is 38.6 Å². The highest BCUT2D eigenvalue weighted by Crippen LogP contribution is 2.27. The molecule has 0 saturated heterocycles. The highest BCUT2D eigenvalue weighted by molar-refractivity contribution is 4.76. The second kappa shape index (κ2) is 10.8. The molecule has 0 aromatic carbocycles. The highest BCUT2D eigenvalue weighted by Gasteiger charge is 2.20. The number of rotatable bonds is 11. The van der Waals surface area contributed by atoms with E-state index in [1.54, 1.807) is 0 Å². The van der Waals surface area contributed by atoms with Crippen LogP contribution in [0.4, 0.5) is 0 Å². The first-order valence-corrected chi connectivity index (χ1v) is 8.58. The summed E-state index contributed by atoms with van der Waals surface area (Å²) in [5.41, 5.74) is 0. The van der Waals surface area contributed by atoms with Crippen molar-refractivity contribution in [2.75, 3.05) is 6.54 Å². The summed E-state index contributed by atoms with van der Waals surface area (Å²) in [5.74, 6) is 0.971. The molecule has 1 N–H and O–H groups in total. The van der Waals surface area contributed by atoms with Gasteiger partial charge in [0.05, 0.1) is 0 Å². The Morgan fingerprint density at radius 1 is 0.889 bits per heavy atom. The zero-order chi connectivity index (χ0) is 13.1. The number of unbranched alkanes of at least 4 members (excludes halogenated alkanes) is 7. The van der Waals surface area contributed by atoms with E-state index in [0.29, 0.717) is 0 Å². The first-order chi connectivity index (χ1) is 8.84. The quantitative estimate of drug-likeness (QED) is 0.493. The second-order valence-corrected chi connectivity index (χ2v) is 6.26. The van der Waals surface area contributed by atoms with Gasteiger partial charge >= 0.3 is 0 Å². The van der Waals surface area contributed by atoms with Gasteiger partial charge in [-0.2, -0.15) is 0 Å². The Balaban J connectivity index is 1.80. The third-order valence-corrected chi connectivity index (χ3v) is 4.60. The molecule has 1 aliphatic rings. The highest BCUT2D eigenvalue weighted by atomic mass is 14.9. The van der Waals surface area contributed by atoms with Crippen LogP contribution in [0.1, 0.15) is 90.9 Å². The Hall–Kier alpha value is -0.0400. The predicted octanol–water partition coefficient (Wildman–Crippen LogP) is 5.30. The molecule has 0 heterocycles. The Labute approximate surface area is 115 Å². The van der Waals surface area contributed by atoms with Crippen LogP contribution in [-0.4, -0.2) is 12.6 Å². The van der Waals surface area contributed by atoms with Crippen molar-refractivity contribution in [2.24, 2.45) is 5.92 Å². The van der Waals surface area contributed by atoms with Crippen LogP contribution in [0.15, 0.2) is 0 Å². The fraction of sp³-hybridized carbons (Fsp3) is 1.00. The van der Waals surface area contributed by atoms with Crippen molar-refractivity contribution in [1.82, 2.24) is 5.32 Å². The summed E-state index contributed by atoms with van der Waals surface area (Å²) in [6, 6.07) is 0.761. The largest absolute Gasteiger partial charge is 0.314 e. The van der Waals surface area contributed by atoms with Crippen LogP contribution in [0.2, 0.25) is 0 Å². The Bertz CT molecular complexity index is 172. The van der Waals surface area contributed by atoms with Crippen LogP contribution in [-0.2, 0) is 0 Å². The van der Waals surface area contributed by atoms with Crippen LogP contribution < -0.4 is 5.32 Å². The van der Waals surface area contributed by atoms with Crippen molar-refractivity contribution >= 4 is 0 Å². The molecule has 1 rings (SSSR count). The molecule has 0 spiro atoms. The third kappa shape index (κ3) is 7.41. The number of hydrogen-bond acceptors (Lipinski definition) is 1. The van der Waals surface area contributed by atoms with Gasteiger partial charge in [0.15, 0.2) is 0 Å². The molecule has 1 fully saturated rings. The van der Waals surface area contributed by atoms with Gasteiger partial charge in [-0.1, -0.05) is 64.7 Å². The first-order valence-electron chi connectivity index (χ1n) is 8.58. The minimum Gasteiger partial charge on any atom is -0.314 e. The van der Waals surface area contributed by atoms with Gasteiger partial charge in [-0.25, -0.2) is 0 Å². The van der Waals surface area contributed by atoms with Gasteiger partial charge in [0, 0.05) is 6.04 Å². The number of hydrogen-bond donors (Lipinski definition) is 1. The topological polar surface area (TPSA) is 12.0 Å². The summed E-state index contributed by atoms with van der Waals surface area (Å²) in [5, 5.41) is 3.74. The summed E-state index contributed by atoms with van der Waals surface area (Å²) in [6.45, 7) is 5.92. The van der Waals surface area contributed by atoms with Crippen LogP contribution in [0, 0.1) is 5.92 Å². The molecule has 0 aromatic rings. The molecule has 0 amide bonds. The predicted molar refractivity (Wildman–Crippen MR) is 82.0 cm³/mol. The fourth-order valence-corrected chi connectivity index (χ4v) is 3.21. The molecule has 0 radical (unpaired) electrons. The summed E-state index contributed by atoms with van der Waals surface area (Å²) in [6.07, 6.45) is 17.3. The van der Waals surface area contributed by atoms with Gasteiger partial charge in [0.2, 0.25) is 0 Å². The molecule has 0 bridgehead atoms. The molecule has 1 atom stereocenters. The molecule has 0 aliphatic heterocycles. The lowest BCUT2D eigenvalue weighted by Crippen LogP contribution is -2.32. The van der Waals surface area contributed by atoms with Crippen LogP contribution >= 0.6 is 0 Å². The Morgan fingerprint density at radius 2 is 1.44 bits per heavy atom. The summed E-state index contributed by atoms with van der Waals surface area (Å²) >= 11 is 0. The van der Waals surface area contributed by atoms with Crippen molar-refractivity contribution in [2.45, 2.75) is 96.9 Å². The van der Waals surface area contributed by atoms with Crippen molar-refractivity contribution in [3.05, 3.63) is 0 Å². The standard InChI is InChI=1S/C17H35N/c1-3-4-5-6-7-8-9-12-15-18-16(2)17-13-10-11-14-17/h16-18H,3-15H2,1-2H3. The molecule has 1 heteroatoms. The van der Waals surface area contributed by atoms with Gasteiger partial charge in [-0.15, -0.1) is 0 Å². The molecular formula is C17H35N. The zero-order valence-corrected chi connectivity index (χ0v) is 12.8. The third-order valence-electron chi connectivity index (χ3n) is 4.60. The summed E-state index contributed by atoms with van der Waals surface area (Å²) in [7, 11) is 0. The lowest BCUT2D eigenvalue weighted by Gasteiger charge is -2.20. The van der Waals surface area contributed by atoms with E-state index >= 15 is 0 Å². The maximum Gasteiger partial charge on any atom is 0.00669 e. The summed E-state index contributed by atoms with van der Waals surface area (Å²) < 4.78 is 0. The monoisotopic (exact) mass is 253 g/mol. The van der Waals surface area contributed by atoms with E-state index in [1.807, 2.05) is 0 Å². The van der Waals surface area contributed by atoms with E-state index in [0.717, 1.165) is 12.0 Å². The van der Waals surface area contributed by atoms with Crippen molar-refractivity contribution in [3.8, 4) is 0 Å². The zero-order valence-electron chi connectivity index (χ0n) is 12.8. The summed E-state index contributed by atoms with van der Waals surface area (Å²) in [4.78, 5) is 0. The van der Waals surface area contributed by atoms with E-state index in [-0.39, 0.29) is 0 Å². The van der Waals surface area contributed by atoms with Gasteiger partial charge < -0.3 is 5.32 Å². The molecule has 108 valence electrons. The average Bonchev–Trinajstić information content (AvgIpc) is 2.90. The van der Waals surface area contributed by atoms with Crippen LogP contribution in [0.3, 0.4) is 0 Å². The van der Waals surface area contributed by atoms with Crippen LogP contribution in [0.25, 0.3) is 0 Å². The maximum atomic E-state index is 3.74. The van der Waals surface area contributed by atoms with Gasteiger partial charge in [-0.3, -0.25) is 0 Å². The lowest BCUT2D eigenvalue weighted by atomic mass is 9.99. The normalized spacial score (nSPS) is 18.3. The molecule has 1 saturated carbocycles. The minimum atomic E-state index is 0.761. The van der Waals surface area contributed by atoms with E-state index in [1.165, 1.54) is 83.6 Å².